The first-order valence-electron chi connectivity index (χ1n) is 8.94. The number of non-ortho nitro benzene ring substituents is 1. The van der Waals surface area contributed by atoms with Crippen LogP contribution in [0.4, 0.5) is 10.7 Å². The van der Waals surface area contributed by atoms with Crippen molar-refractivity contribution in [3.05, 3.63) is 79.7 Å². The number of nitrogens with zero attached hydrogens (tertiary/aromatic N) is 1. The van der Waals surface area contributed by atoms with Crippen LogP contribution in [0.25, 0.3) is 11.1 Å². The summed E-state index contributed by atoms with van der Waals surface area (Å²) in [5.74, 6) is -0.977. The van der Waals surface area contributed by atoms with Crippen LogP contribution < -0.4 is 5.32 Å². The van der Waals surface area contributed by atoms with Crippen molar-refractivity contribution in [3.8, 4) is 11.1 Å². The number of nitrogens with one attached hydrogen (secondary N) is 1. The summed E-state index contributed by atoms with van der Waals surface area (Å²) in [6.07, 6.45) is 0. The summed E-state index contributed by atoms with van der Waals surface area (Å²) in [4.78, 5) is 36.6. The van der Waals surface area contributed by atoms with E-state index in [2.05, 4.69) is 5.32 Å². The van der Waals surface area contributed by atoms with Gasteiger partial charge in [-0.25, -0.2) is 4.79 Å². The highest BCUT2D eigenvalue weighted by Crippen LogP contribution is 2.41. The number of rotatable bonds is 6. The minimum atomic E-state index is -0.582. The minimum Gasteiger partial charge on any atom is -0.462 e. The van der Waals surface area contributed by atoms with E-state index < -0.39 is 16.8 Å². The molecule has 1 heterocycles. The Morgan fingerprint density at radius 3 is 2.33 bits per heavy atom. The molecule has 1 N–H and O–H groups in total. The summed E-state index contributed by atoms with van der Waals surface area (Å²) >= 11 is 7.10. The number of benzene rings is 2. The summed E-state index contributed by atoms with van der Waals surface area (Å²) in [5, 5.41) is 14.6. The van der Waals surface area contributed by atoms with Crippen molar-refractivity contribution >= 4 is 45.5 Å². The predicted molar refractivity (Wildman–Crippen MR) is 117 cm³/mol. The van der Waals surface area contributed by atoms with Gasteiger partial charge in [-0.2, -0.15) is 0 Å². The SMILES string of the molecule is CCOC(=O)c1c(NC(=O)c2ccc(Cl)cc2)sc(C)c1-c1ccc([N+](=O)[O-])cc1. The van der Waals surface area contributed by atoms with Crippen molar-refractivity contribution in [2.45, 2.75) is 13.8 Å². The Kier molecular flexibility index (Phi) is 6.49. The zero-order valence-corrected chi connectivity index (χ0v) is 17.7. The van der Waals surface area contributed by atoms with E-state index in [1.54, 1.807) is 43.3 Å². The molecule has 0 fully saturated rings. The summed E-state index contributed by atoms with van der Waals surface area (Å²) in [7, 11) is 0. The second kappa shape index (κ2) is 9.06. The second-order valence-electron chi connectivity index (χ2n) is 6.22. The van der Waals surface area contributed by atoms with Crippen LogP contribution in [0.15, 0.2) is 48.5 Å². The molecule has 0 unspecified atom stereocenters. The zero-order chi connectivity index (χ0) is 21.8. The Morgan fingerprint density at radius 1 is 1.13 bits per heavy atom. The maximum atomic E-state index is 12.7. The molecular formula is C21H17ClN2O5S. The van der Waals surface area contributed by atoms with Gasteiger partial charge < -0.3 is 10.1 Å². The van der Waals surface area contributed by atoms with Gasteiger partial charge in [0.25, 0.3) is 11.6 Å². The number of thiophene rings is 1. The van der Waals surface area contributed by atoms with E-state index in [1.165, 1.54) is 23.5 Å². The summed E-state index contributed by atoms with van der Waals surface area (Å²) in [6.45, 7) is 3.66. The topological polar surface area (TPSA) is 98.5 Å². The van der Waals surface area contributed by atoms with Crippen LogP contribution in [0.5, 0.6) is 0 Å². The van der Waals surface area contributed by atoms with Gasteiger partial charge >= 0.3 is 5.97 Å². The van der Waals surface area contributed by atoms with Crippen molar-refractivity contribution in [3.63, 3.8) is 0 Å². The van der Waals surface area contributed by atoms with Gasteiger partial charge in [0.1, 0.15) is 10.6 Å². The third-order valence-corrected chi connectivity index (χ3v) is 5.54. The van der Waals surface area contributed by atoms with Crippen molar-refractivity contribution in [2.24, 2.45) is 0 Å². The lowest BCUT2D eigenvalue weighted by molar-refractivity contribution is -0.384. The molecule has 1 aromatic heterocycles. The normalized spacial score (nSPS) is 10.5. The van der Waals surface area contributed by atoms with Crippen molar-refractivity contribution in [1.82, 2.24) is 0 Å². The molecule has 2 aromatic carbocycles. The van der Waals surface area contributed by atoms with E-state index in [-0.39, 0.29) is 17.9 Å². The molecule has 0 aliphatic heterocycles. The average Bonchev–Trinajstić information content (AvgIpc) is 3.04. The molecule has 0 saturated carbocycles. The molecule has 3 rings (SSSR count). The van der Waals surface area contributed by atoms with Crippen LogP contribution in [0.2, 0.25) is 5.02 Å². The number of halogens is 1. The number of nitro benzene ring substituents is 1. The fourth-order valence-corrected chi connectivity index (χ4v) is 4.09. The number of hydrogen-bond donors (Lipinski definition) is 1. The lowest BCUT2D eigenvalue weighted by Gasteiger charge is -2.09. The molecule has 1 amide bonds. The van der Waals surface area contributed by atoms with Crippen molar-refractivity contribution in [1.29, 1.82) is 0 Å². The van der Waals surface area contributed by atoms with Gasteiger partial charge in [0.2, 0.25) is 0 Å². The number of anilines is 1. The average molecular weight is 445 g/mol. The fraction of sp³-hybridized carbons (Fsp3) is 0.143. The van der Waals surface area contributed by atoms with Crippen LogP contribution in [-0.2, 0) is 4.74 Å². The molecular weight excluding hydrogens is 428 g/mol. The maximum absolute atomic E-state index is 12.7. The van der Waals surface area contributed by atoms with Crippen LogP contribution in [0.3, 0.4) is 0 Å². The fourth-order valence-electron chi connectivity index (χ4n) is 2.90. The van der Waals surface area contributed by atoms with Gasteiger partial charge in [-0.15, -0.1) is 11.3 Å². The molecule has 9 heteroatoms. The Bertz CT molecular complexity index is 1110. The van der Waals surface area contributed by atoms with E-state index in [9.17, 15) is 19.7 Å². The molecule has 0 bridgehead atoms. The van der Waals surface area contributed by atoms with E-state index >= 15 is 0 Å². The van der Waals surface area contributed by atoms with Gasteiger partial charge in [-0.3, -0.25) is 14.9 Å². The predicted octanol–water partition coefficient (Wildman–Crippen LogP) is 5.71. The molecule has 154 valence electrons. The third-order valence-electron chi connectivity index (χ3n) is 4.26. The summed E-state index contributed by atoms with van der Waals surface area (Å²) < 4.78 is 5.20. The molecule has 0 aliphatic carbocycles. The van der Waals surface area contributed by atoms with Crippen LogP contribution in [0.1, 0.15) is 32.5 Å². The molecule has 0 saturated heterocycles. The first kappa shape index (κ1) is 21.5. The molecule has 30 heavy (non-hydrogen) atoms. The lowest BCUT2D eigenvalue weighted by Crippen LogP contribution is -2.14. The first-order chi connectivity index (χ1) is 14.3. The number of amides is 1. The highest BCUT2D eigenvalue weighted by molar-refractivity contribution is 7.17. The Morgan fingerprint density at radius 2 is 1.77 bits per heavy atom. The second-order valence-corrected chi connectivity index (χ2v) is 7.88. The van der Waals surface area contributed by atoms with Crippen LogP contribution in [-0.4, -0.2) is 23.4 Å². The monoisotopic (exact) mass is 444 g/mol. The van der Waals surface area contributed by atoms with Gasteiger partial charge in [0.05, 0.1) is 11.5 Å². The summed E-state index contributed by atoms with van der Waals surface area (Å²) in [6, 6.07) is 12.2. The standard InChI is InChI=1S/C21H17ClN2O5S/c1-3-29-21(26)18-17(13-6-10-16(11-7-13)24(27)28)12(2)30-20(18)23-19(25)14-4-8-15(22)9-5-14/h4-11H,3H2,1-2H3,(H,23,25). The van der Waals surface area contributed by atoms with Gasteiger partial charge in [0, 0.05) is 33.2 Å². The van der Waals surface area contributed by atoms with Gasteiger partial charge in [0.15, 0.2) is 0 Å². The van der Waals surface area contributed by atoms with E-state index in [1.807, 2.05) is 6.92 Å². The van der Waals surface area contributed by atoms with E-state index in [0.717, 1.165) is 4.88 Å². The quantitative estimate of drug-likeness (QED) is 0.298. The Hall–Kier alpha value is -3.23. The number of hydrogen-bond acceptors (Lipinski definition) is 6. The minimum absolute atomic E-state index is 0.0550. The zero-order valence-electron chi connectivity index (χ0n) is 16.1. The first-order valence-corrected chi connectivity index (χ1v) is 10.1. The molecule has 7 nitrogen and oxygen atoms in total. The van der Waals surface area contributed by atoms with Gasteiger partial charge in [-0.1, -0.05) is 11.6 Å². The Balaban J connectivity index is 2.04. The lowest BCUT2D eigenvalue weighted by atomic mass is 10.0. The number of aryl methyl sites for hydroxylation is 1. The van der Waals surface area contributed by atoms with E-state index in [4.69, 9.17) is 16.3 Å². The molecule has 0 radical (unpaired) electrons. The number of ether oxygens (including phenoxy) is 1. The maximum Gasteiger partial charge on any atom is 0.341 e. The molecule has 0 aliphatic rings. The number of carbonyl (C=O) groups is 2. The summed E-state index contributed by atoms with van der Waals surface area (Å²) in [5.41, 5.74) is 1.73. The van der Waals surface area contributed by atoms with Crippen LogP contribution >= 0.6 is 22.9 Å². The van der Waals surface area contributed by atoms with Crippen LogP contribution in [0, 0.1) is 17.0 Å². The molecule has 3 aromatic rings. The Labute approximate surface area is 181 Å². The van der Waals surface area contributed by atoms with Gasteiger partial charge in [-0.05, 0) is 55.8 Å². The number of carbonyl (C=O) groups excluding carboxylic acids is 2. The number of esters is 1. The highest BCUT2D eigenvalue weighted by Gasteiger charge is 2.26. The molecule has 0 spiro atoms. The van der Waals surface area contributed by atoms with Crippen molar-refractivity contribution < 1.29 is 19.2 Å². The molecule has 0 atom stereocenters. The van der Waals surface area contributed by atoms with E-state index in [0.29, 0.717) is 26.7 Å². The van der Waals surface area contributed by atoms with Crippen molar-refractivity contribution in [2.75, 3.05) is 11.9 Å². The third kappa shape index (κ3) is 4.50. The largest absolute Gasteiger partial charge is 0.462 e. The smallest absolute Gasteiger partial charge is 0.341 e. The highest BCUT2D eigenvalue weighted by atomic mass is 35.5. The number of nitro groups is 1.